The molecular formula is C27H34ClN5O3. The number of rotatable bonds is 6. The summed E-state index contributed by atoms with van der Waals surface area (Å²) >= 11 is 6.20. The third-order valence-electron chi connectivity index (χ3n) is 7.33. The molecule has 36 heavy (non-hydrogen) atoms. The van der Waals surface area contributed by atoms with E-state index >= 15 is 0 Å². The number of hydrogen-bond donors (Lipinski definition) is 1. The van der Waals surface area contributed by atoms with E-state index in [1.165, 1.54) is 0 Å². The number of piperidine rings is 1. The number of hydrogen-bond acceptors (Lipinski definition) is 4. The molecule has 192 valence electrons. The molecule has 1 N–H and O–H groups in total. The molecule has 0 bridgehead atoms. The van der Waals surface area contributed by atoms with Crippen LogP contribution in [0, 0.1) is 6.92 Å². The van der Waals surface area contributed by atoms with Crippen molar-refractivity contribution in [3.05, 3.63) is 59.1 Å². The van der Waals surface area contributed by atoms with Crippen molar-refractivity contribution in [1.82, 2.24) is 14.7 Å². The van der Waals surface area contributed by atoms with Crippen LogP contribution in [0.4, 0.5) is 16.2 Å². The van der Waals surface area contributed by atoms with Gasteiger partial charge in [-0.25, -0.2) is 4.79 Å². The first-order valence-corrected chi connectivity index (χ1v) is 12.9. The van der Waals surface area contributed by atoms with Crippen LogP contribution in [-0.2, 0) is 9.59 Å². The minimum Gasteiger partial charge on any atom is -0.342 e. The summed E-state index contributed by atoms with van der Waals surface area (Å²) in [6.07, 6.45) is 0.970. The van der Waals surface area contributed by atoms with Crippen molar-refractivity contribution >= 4 is 40.8 Å². The fraction of sp³-hybridized carbons (Fsp3) is 0.444. The van der Waals surface area contributed by atoms with E-state index in [1.807, 2.05) is 63.2 Å². The normalized spacial score (nSPS) is 17.0. The summed E-state index contributed by atoms with van der Waals surface area (Å²) in [5.41, 5.74) is 1.74. The van der Waals surface area contributed by atoms with Gasteiger partial charge < -0.3 is 24.9 Å². The SMILES string of the molecule is CCN(CC)C(=O)CN1CN(c2ccccc2)C2(CCN(C(=O)Nc3ccc(C)c(Cl)c3)CC2)C1=O. The van der Waals surface area contributed by atoms with E-state index in [0.717, 1.165) is 11.3 Å². The fourth-order valence-corrected chi connectivity index (χ4v) is 5.30. The lowest BCUT2D eigenvalue weighted by Gasteiger charge is -2.43. The molecule has 0 unspecified atom stereocenters. The van der Waals surface area contributed by atoms with Crippen LogP contribution in [0.2, 0.25) is 5.02 Å². The average molecular weight is 512 g/mol. The highest BCUT2D eigenvalue weighted by Crippen LogP contribution is 2.39. The van der Waals surface area contributed by atoms with E-state index < -0.39 is 5.54 Å². The Balaban J connectivity index is 1.50. The Hall–Kier alpha value is -3.26. The molecule has 2 aromatic rings. The molecule has 2 saturated heterocycles. The number of para-hydroxylation sites is 1. The highest BCUT2D eigenvalue weighted by molar-refractivity contribution is 6.31. The van der Waals surface area contributed by atoms with Crippen molar-refractivity contribution < 1.29 is 14.4 Å². The maximum atomic E-state index is 13.8. The van der Waals surface area contributed by atoms with E-state index in [-0.39, 0.29) is 24.4 Å². The van der Waals surface area contributed by atoms with E-state index in [0.29, 0.717) is 56.4 Å². The largest absolute Gasteiger partial charge is 0.342 e. The van der Waals surface area contributed by atoms with Gasteiger partial charge in [-0.1, -0.05) is 35.9 Å². The van der Waals surface area contributed by atoms with Crippen LogP contribution in [0.25, 0.3) is 0 Å². The minimum atomic E-state index is -0.783. The van der Waals surface area contributed by atoms with Gasteiger partial charge in [0, 0.05) is 42.6 Å². The molecule has 8 nitrogen and oxygen atoms in total. The molecule has 2 heterocycles. The number of benzene rings is 2. The maximum absolute atomic E-state index is 13.8. The molecular weight excluding hydrogens is 478 g/mol. The predicted molar refractivity (Wildman–Crippen MR) is 142 cm³/mol. The number of anilines is 2. The molecule has 0 saturated carbocycles. The number of aryl methyl sites for hydroxylation is 1. The monoisotopic (exact) mass is 511 g/mol. The lowest BCUT2D eigenvalue weighted by atomic mass is 9.85. The molecule has 2 aliphatic rings. The Bertz CT molecular complexity index is 1110. The summed E-state index contributed by atoms with van der Waals surface area (Å²) in [4.78, 5) is 46.9. The number of likely N-dealkylation sites (tertiary alicyclic amines) is 1. The van der Waals surface area contributed by atoms with E-state index in [2.05, 4.69) is 10.2 Å². The fourth-order valence-electron chi connectivity index (χ4n) is 5.11. The van der Waals surface area contributed by atoms with Gasteiger partial charge in [0.25, 0.3) is 5.91 Å². The van der Waals surface area contributed by atoms with Crippen LogP contribution in [0.15, 0.2) is 48.5 Å². The van der Waals surface area contributed by atoms with Crippen LogP contribution in [-0.4, -0.2) is 77.5 Å². The highest BCUT2D eigenvalue weighted by Gasteiger charge is 2.54. The van der Waals surface area contributed by atoms with Crippen molar-refractivity contribution in [2.75, 3.05) is 49.6 Å². The number of halogens is 1. The van der Waals surface area contributed by atoms with Gasteiger partial charge in [0.15, 0.2) is 0 Å². The molecule has 2 aliphatic heterocycles. The first kappa shape index (κ1) is 25.8. The van der Waals surface area contributed by atoms with Crippen LogP contribution in [0.1, 0.15) is 32.3 Å². The summed E-state index contributed by atoms with van der Waals surface area (Å²) in [6, 6.07) is 15.0. The van der Waals surface area contributed by atoms with Crippen molar-refractivity contribution in [3.8, 4) is 0 Å². The molecule has 0 aromatic heterocycles. The predicted octanol–water partition coefficient (Wildman–Crippen LogP) is 4.19. The van der Waals surface area contributed by atoms with Crippen molar-refractivity contribution in [2.45, 2.75) is 39.2 Å². The Morgan fingerprint density at radius 2 is 1.72 bits per heavy atom. The first-order chi connectivity index (χ1) is 17.3. The number of amides is 4. The quantitative estimate of drug-likeness (QED) is 0.631. The topological polar surface area (TPSA) is 76.2 Å². The van der Waals surface area contributed by atoms with Gasteiger partial charge in [0.2, 0.25) is 5.91 Å². The van der Waals surface area contributed by atoms with Gasteiger partial charge in [-0.15, -0.1) is 0 Å². The summed E-state index contributed by atoms with van der Waals surface area (Å²) in [5, 5.41) is 3.51. The number of nitrogens with one attached hydrogen (secondary N) is 1. The van der Waals surface area contributed by atoms with Crippen molar-refractivity contribution in [3.63, 3.8) is 0 Å². The van der Waals surface area contributed by atoms with Gasteiger partial charge in [-0.2, -0.15) is 0 Å². The van der Waals surface area contributed by atoms with Crippen LogP contribution in [0.3, 0.4) is 0 Å². The van der Waals surface area contributed by atoms with Gasteiger partial charge in [0.1, 0.15) is 12.1 Å². The summed E-state index contributed by atoms with van der Waals surface area (Å²) in [5.74, 6) is -0.0933. The van der Waals surface area contributed by atoms with Crippen molar-refractivity contribution in [1.29, 1.82) is 0 Å². The second-order valence-electron chi connectivity index (χ2n) is 9.39. The second kappa shape index (κ2) is 10.8. The number of likely N-dealkylation sites (N-methyl/N-ethyl adjacent to an activating group) is 1. The summed E-state index contributed by atoms with van der Waals surface area (Å²) in [6.45, 7) is 8.29. The molecule has 1 spiro atoms. The van der Waals surface area contributed by atoms with Gasteiger partial charge >= 0.3 is 6.03 Å². The molecule has 4 amide bonds. The van der Waals surface area contributed by atoms with Crippen LogP contribution < -0.4 is 10.2 Å². The Kier molecular flexibility index (Phi) is 7.73. The Morgan fingerprint density at radius 1 is 1.06 bits per heavy atom. The zero-order valence-electron chi connectivity index (χ0n) is 21.2. The number of carbonyl (C=O) groups excluding carboxylic acids is 3. The number of urea groups is 1. The third kappa shape index (κ3) is 5.00. The van der Waals surface area contributed by atoms with Crippen LogP contribution in [0.5, 0.6) is 0 Å². The standard InChI is InChI=1S/C27H34ClN5O3/c1-4-30(5-2)24(34)18-32-19-33(22-9-7-6-8-10-22)27(25(32)35)13-15-31(16-14-27)26(36)29-21-12-11-20(3)23(28)17-21/h6-12,17H,4-5,13-16,18-19H2,1-3H3,(H,29,36). The minimum absolute atomic E-state index is 0.0442. The second-order valence-corrected chi connectivity index (χ2v) is 9.79. The van der Waals surface area contributed by atoms with E-state index in [9.17, 15) is 14.4 Å². The third-order valence-corrected chi connectivity index (χ3v) is 7.73. The molecule has 2 aromatic carbocycles. The summed E-state index contributed by atoms with van der Waals surface area (Å²) in [7, 11) is 0. The van der Waals surface area contributed by atoms with E-state index in [1.54, 1.807) is 20.8 Å². The molecule has 2 fully saturated rings. The Morgan fingerprint density at radius 3 is 2.33 bits per heavy atom. The van der Waals surface area contributed by atoms with E-state index in [4.69, 9.17) is 11.6 Å². The lowest BCUT2D eigenvalue weighted by molar-refractivity contribution is -0.140. The lowest BCUT2D eigenvalue weighted by Crippen LogP contribution is -2.58. The maximum Gasteiger partial charge on any atom is 0.321 e. The smallest absolute Gasteiger partial charge is 0.321 e. The zero-order valence-corrected chi connectivity index (χ0v) is 21.9. The average Bonchev–Trinajstić information content (AvgIpc) is 3.14. The molecule has 0 aliphatic carbocycles. The molecule has 0 radical (unpaired) electrons. The zero-order chi connectivity index (χ0) is 25.9. The van der Waals surface area contributed by atoms with Crippen LogP contribution >= 0.6 is 11.6 Å². The van der Waals surface area contributed by atoms with Gasteiger partial charge in [-0.05, 0) is 63.4 Å². The van der Waals surface area contributed by atoms with Crippen molar-refractivity contribution in [2.24, 2.45) is 0 Å². The Labute approximate surface area is 217 Å². The van der Waals surface area contributed by atoms with Gasteiger partial charge in [-0.3, -0.25) is 9.59 Å². The number of carbonyl (C=O) groups is 3. The molecule has 0 atom stereocenters. The molecule has 9 heteroatoms. The number of nitrogens with zero attached hydrogens (tertiary/aromatic N) is 4. The highest BCUT2D eigenvalue weighted by atomic mass is 35.5. The molecule has 4 rings (SSSR count). The first-order valence-electron chi connectivity index (χ1n) is 12.5. The van der Waals surface area contributed by atoms with Gasteiger partial charge in [0.05, 0.1) is 6.67 Å². The summed E-state index contributed by atoms with van der Waals surface area (Å²) < 4.78 is 0.